The van der Waals surface area contributed by atoms with Crippen LogP contribution in [-0.4, -0.2) is 9.78 Å². The van der Waals surface area contributed by atoms with E-state index < -0.39 is 0 Å². The van der Waals surface area contributed by atoms with Crippen LogP contribution in [0.3, 0.4) is 0 Å². The van der Waals surface area contributed by atoms with Crippen LogP contribution in [0.2, 0.25) is 0 Å². The van der Waals surface area contributed by atoms with Crippen molar-refractivity contribution in [1.29, 1.82) is 5.41 Å². The van der Waals surface area contributed by atoms with Crippen LogP contribution in [0.4, 0.5) is 0 Å². The first-order valence-electron chi connectivity index (χ1n) is 3.84. The number of hydrogen-bond donors (Lipinski definition) is 1. The summed E-state index contributed by atoms with van der Waals surface area (Å²) in [6, 6.07) is 1.78. The van der Waals surface area contributed by atoms with Crippen molar-refractivity contribution < 1.29 is 0 Å². The van der Waals surface area contributed by atoms with Gasteiger partial charge in [0.15, 0.2) is 0 Å². The molecule has 0 saturated heterocycles. The lowest BCUT2D eigenvalue weighted by Crippen LogP contribution is -2.17. The second kappa shape index (κ2) is 3.34. The van der Waals surface area contributed by atoms with Crippen LogP contribution in [-0.2, 0) is 0 Å². The lowest BCUT2D eigenvalue weighted by Gasteiger charge is -1.99. The minimum absolute atomic E-state index is 0.413. The predicted molar refractivity (Wildman–Crippen MR) is 48.4 cm³/mol. The normalized spacial score (nSPS) is 9.58. The summed E-state index contributed by atoms with van der Waals surface area (Å²) in [7, 11) is 0. The Morgan fingerprint density at radius 1 is 1.58 bits per heavy atom. The third-order valence-corrected chi connectivity index (χ3v) is 1.38. The van der Waals surface area contributed by atoms with Gasteiger partial charge in [-0.15, -0.1) is 0 Å². The molecule has 1 rings (SSSR count). The monoisotopic (exact) mass is 163 g/mol. The Kier molecular flexibility index (Phi) is 2.43. The maximum absolute atomic E-state index is 7.56. The SMILES string of the molecule is CC(C)=Cn1ncc(C)cc1=N. The van der Waals surface area contributed by atoms with Gasteiger partial charge >= 0.3 is 0 Å². The van der Waals surface area contributed by atoms with Gasteiger partial charge in [-0.3, -0.25) is 5.41 Å². The molecule has 12 heavy (non-hydrogen) atoms. The Bertz CT molecular complexity index is 356. The highest BCUT2D eigenvalue weighted by Crippen LogP contribution is 1.91. The smallest absolute Gasteiger partial charge is 0.146 e. The molecule has 0 atom stereocenters. The topological polar surface area (TPSA) is 41.7 Å². The van der Waals surface area contributed by atoms with E-state index in [-0.39, 0.29) is 0 Å². The second-order valence-corrected chi connectivity index (χ2v) is 3.07. The van der Waals surface area contributed by atoms with E-state index in [1.54, 1.807) is 16.9 Å². The van der Waals surface area contributed by atoms with Crippen molar-refractivity contribution in [1.82, 2.24) is 9.78 Å². The third-order valence-electron chi connectivity index (χ3n) is 1.38. The predicted octanol–water partition coefficient (Wildman–Crippen LogP) is 1.55. The van der Waals surface area contributed by atoms with Crippen LogP contribution in [0.25, 0.3) is 6.20 Å². The van der Waals surface area contributed by atoms with Crippen molar-refractivity contribution in [3.63, 3.8) is 0 Å². The average molecular weight is 163 g/mol. The van der Waals surface area contributed by atoms with Crippen LogP contribution in [0.5, 0.6) is 0 Å². The summed E-state index contributed by atoms with van der Waals surface area (Å²) in [5, 5.41) is 11.6. The number of aryl methyl sites for hydroxylation is 1. The van der Waals surface area contributed by atoms with Crippen molar-refractivity contribution >= 4 is 6.20 Å². The molecule has 0 amide bonds. The van der Waals surface area contributed by atoms with Gasteiger partial charge in [-0.2, -0.15) is 5.10 Å². The minimum Gasteiger partial charge on any atom is -0.283 e. The quantitative estimate of drug-likeness (QED) is 0.670. The van der Waals surface area contributed by atoms with Crippen LogP contribution < -0.4 is 5.49 Å². The summed E-state index contributed by atoms with van der Waals surface area (Å²) < 4.78 is 1.56. The highest BCUT2D eigenvalue weighted by atomic mass is 15.3. The average Bonchev–Trinajstić information content (AvgIpc) is 1.94. The second-order valence-electron chi connectivity index (χ2n) is 3.07. The molecule has 1 aromatic rings. The molecule has 1 N–H and O–H groups in total. The van der Waals surface area contributed by atoms with Crippen molar-refractivity contribution in [2.45, 2.75) is 20.8 Å². The molecule has 0 radical (unpaired) electrons. The molecule has 0 bridgehead atoms. The first kappa shape index (κ1) is 8.71. The molecule has 0 aliphatic heterocycles. The molecule has 0 aliphatic carbocycles. The van der Waals surface area contributed by atoms with E-state index in [9.17, 15) is 0 Å². The zero-order valence-electron chi connectivity index (χ0n) is 7.63. The molecule has 0 unspecified atom stereocenters. The largest absolute Gasteiger partial charge is 0.283 e. The van der Waals surface area contributed by atoms with Gasteiger partial charge in [0.1, 0.15) is 5.49 Å². The summed E-state index contributed by atoms with van der Waals surface area (Å²) in [5.41, 5.74) is 2.56. The minimum atomic E-state index is 0.413. The van der Waals surface area contributed by atoms with Crippen LogP contribution in [0.1, 0.15) is 19.4 Å². The van der Waals surface area contributed by atoms with Gasteiger partial charge in [0.2, 0.25) is 0 Å². The maximum atomic E-state index is 7.56. The number of nitrogens with one attached hydrogen (secondary N) is 1. The number of nitrogens with zero attached hydrogens (tertiary/aromatic N) is 2. The van der Waals surface area contributed by atoms with Crippen molar-refractivity contribution in [2.75, 3.05) is 0 Å². The molecule has 64 valence electrons. The molecule has 0 aliphatic rings. The Morgan fingerprint density at radius 3 is 2.75 bits per heavy atom. The molecule has 0 saturated carbocycles. The highest BCUT2D eigenvalue weighted by molar-refractivity contribution is 5.25. The molecule has 3 nitrogen and oxygen atoms in total. The van der Waals surface area contributed by atoms with Gasteiger partial charge in [-0.1, -0.05) is 5.57 Å². The van der Waals surface area contributed by atoms with Crippen LogP contribution in [0, 0.1) is 12.3 Å². The Hall–Kier alpha value is -1.38. The first-order chi connectivity index (χ1) is 5.59. The molecule has 1 aromatic heterocycles. The zero-order chi connectivity index (χ0) is 9.14. The van der Waals surface area contributed by atoms with Gasteiger partial charge in [0.05, 0.1) is 6.20 Å². The van der Waals surface area contributed by atoms with Crippen molar-refractivity contribution in [2.24, 2.45) is 0 Å². The zero-order valence-corrected chi connectivity index (χ0v) is 7.63. The van der Waals surface area contributed by atoms with E-state index in [0.717, 1.165) is 11.1 Å². The fourth-order valence-electron chi connectivity index (χ4n) is 0.882. The fourth-order valence-corrected chi connectivity index (χ4v) is 0.882. The third kappa shape index (κ3) is 2.05. The van der Waals surface area contributed by atoms with E-state index in [1.807, 2.05) is 27.0 Å². The van der Waals surface area contributed by atoms with Crippen molar-refractivity contribution in [3.05, 3.63) is 28.9 Å². The summed E-state index contributed by atoms with van der Waals surface area (Å²) in [6.45, 7) is 5.89. The lowest BCUT2D eigenvalue weighted by molar-refractivity contribution is 0.802. The molecule has 0 fully saturated rings. The van der Waals surface area contributed by atoms with Crippen molar-refractivity contribution in [3.8, 4) is 0 Å². The summed E-state index contributed by atoms with van der Waals surface area (Å²) in [5.74, 6) is 0. The van der Waals surface area contributed by atoms with E-state index >= 15 is 0 Å². The molecular weight excluding hydrogens is 150 g/mol. The maximum Gasteiger partial charge on any atom is 0.146 e. The van der Waals surface area contributed by atoms with Gasteiger partial charge in [-0.25, -0.2) is 4.68 Å². The van der Waals surface area contributed by atoms with E-state index in [2.05, 4.69) is 5.10 Å². The van der Waals surface area contributed by atoms with E-state index in [0.29, 0.717) is 5.49 Å². The molecule has 0 aromatic carbocycles. The van der Waals surface area contributed by atoms with E-state index in [4.69, 9.17) is 5.41 Å². The number of hydrogen-bond acceptors (Lipinski definition) is 2. The molecule has 0 spiro atoms. The highest BCUT2D eigenvalue weighted by Gasteiger charge is 1.89. The van der Waals surface area contributed by atoms with Gasteiger partial charge < -0.3 is 0 Å². The summed E-state index contributed by atoms with van der Waals surface area (Å²) in [6.07, 6.45) is 3.58. The Labute approximate surface area is 71.9 Å². The molecule has 3 heteroatoms. The first-order valence-corrected chi connectivity index (χ1v) is 3.84. The molecular formula is C9H13N3. The lowest BCUT2D eigenvalue weighted by atomic mass is 10.3. The summed E-state index contributed by atoms with van der Waals surface area (Å²) in [4.78, 5) is 0. The molecule has 1 heterocycles. The fraction of sp³-hybridized carbons (Fsp3) is 0.333. The number of rotatable bonds is 1. The number of aromatic nitrogens is 2. The van der Waals surface area contributed by atoms with Gasteiger partial charge in [0, 0.05) is 6.20 Å². The van der Waals surface area contributed by atoms with E-state index in [1.165, 1.54) is 0 Å². The Morgan fingerprint density at radius 2 is 2.25 bits per heavy atom. The standard InChI is InChI=1S/C9H13N3/c1-7(2)6-12-9(10)4-8(3)5-11-12/h4-6,10H,1-3H3. The van der Waals surface area contributed by atoms with Gasteiger partial charge in [0.25, 0.3) is 0 Å². The summed E-state index contributed by atoms with van der Waals surface area (Å²) >= 11 is 0. The van der Waals surface area contributed by atoms with Crippen LogP contribution in [0.15, 0.2) is 17.8 Å². The van der Waals surface area contributed by atoms with Crippen LogP contribution >= 0.6 is 0 Å². The number of allylic oxidation sites excluding steroid dienone is 1. The Balaban J connectivity index is 3.20. The van der Waals surface area contributed by atoms with Gasteiger partial charge in [-0.05, 0) is 32.4 Å².